The van der Waals surface area contributed by atoms with Gasteiger partial charge in [-0.05, 0) is 25.0 Å². The summed E-state index contributed by atoms with van der Waals surface area (Å²) < 4.78 is 0. The van der Waals surface area contributed by atoms with Gasteiger partial charge >= 0.3 is 5.97 Å². The van der Waals surface area contributed by atoms with Crippen molar-refractivity contribution in [3.63, 3.8) is 0 Å². The second-order valence-corrected chi connectivity index (χ2v) is 11.6. The van der Waals surface area contributed by atoms with E-state index in [1.165, 1.54) is 11.6 Å². The van der Waals surface area contributed by atoms with E-state index >= 15 is 0 Å². The molecular weight excluding hydrogens is 268 g/mol. The minimum atomic E-state index is -1.32. The molecule has 1 aromatic carbocycles. The zero-order valence-electron chi connectivity index (χ0n) is 12.6. The van der Waals surface area contributed by atoms with Gasteiger partial charge in [0.1, 0.15) is 6.10 Å². The molecule has 0 spiro atoms. The van der Waals surface area contributed by atoms with Crippen molar-refractivity contribution in [2.45, 2.75) is 57.8 Å². The summed E-state index contributed by atoms with van der Waals surface area (Å²) in [6, 6.07) is 7.73. The van der Waals surface area contributed by atoms with Crippen molar-refractivity contribution < 1.29 is 14.6 Å². The first-order valence-corrected chi connectivity index (χ1v) is 10.9. The second-order valence-electron chi connectivity index (χ2n) is 6.55. The Labute approximate surface area is 122 Å². The highest BCUT2D eigenvalue weighted by Crippen LogP contribution is 2.20. The molecule has 1 aliphatic carbocycles. The van der Waals surface area contributed by atoms with Gasteiger partial charge in [-0.2, -0.15) is 4.89 Å². The average Bonchev–Trinajstić information content (AvgIpc) is 2.45. The maximum atomic E-state index is 11.9. The van der Waals surface area contributed by atoms with E-state index in [-0.39, 0.29) is 6.10 Å². The van der Waals surface area contributed by atoms with Crippen molar-refractivity contribution in [3.05, 3.63) is 29.8 Å². The molecule has 1 aliphatic rings. The van der Waals surface area contributed by atoms with Gasteiger partial charge in [-0.1, -0.05) is 56.2 Å². The predicted molar refractivity (Wildman–Crippen MR) is 82.8 cm³/mol. The van der Waals surface area contributed by atoms with Crippen molar-refractivity contribution >= 4 is 19.2 Å². The molecule has 1 aromatic rings. The van der Waals surface area contributed by atoms with Crippen LogP contribution in [0.1, 0.15) is 42.5 Å². The monoisotopic (exact) mass is 292 g/mol. The highest BCUT2D eigenvalue weighted by atomic mass is 28.3. The Morgan fingerprint density at radius 2 is 1.65 bits per heavy atom. The van der Waals surface area contributed by atoms with E-state index in [9.17, 15) is 4.79 Å². The molecule has 0 radical (unpaired) electrons. The van der Waals surface area contributed by atoms with Crippen molar-refractivity contribution in [1.29, 1.82) is 0 Å². The van der Waals surface area contributed by atoms with Crippen LogP contribution in [0, 0.1) is 0 Å². The number of hydrogen-bond donors (Lipinski definition) is 0. The van der Waals surface area contributed by atoms with Crippen LogP contribution in [-0.4, -0.2) is 20.1 Å². The van der Waals surface area contributed by atoms with Gasteiger partial charge in [0.15, 0.2) is 0 Å². The number of benzene rings is 1. The number of carbonyl (C=O) groups is 1. The molecule has 110 valence electrons. The molecule has 1 fully saturated rings. The van der Waals surface area contributed by atoms with Crippen molar-refractivity contribution in [2.75, 3.05) is 0 Å². The fourth-order valence-electron chi connectivity index (χ4n) is 2.43. The highest BCUT2D eigenvalue weighted by Gasteiger charge is 2.19. The van der Waals surface area contributed by atoms with Crippen LogP contribution in [0.3, 0.4) is 0 Å². The standard InChI is InChI=1S/C16H24O3Si/c1-20(2,3)15-11-9-13(10-12-15)16(17)19-18-14-7-5-4-6-8-14/h9-12,14H,4-8H2,1-3H3. The third kappa shape index (κ3) is 4.18. The molecule has 2 rings (SSSR count). The molecule has 0 bridgehead atoms. The van der Waals surface area contributed by atoms with Gasteiger partial charge in [0.25, 0.3) is 0 Å². The molecule has 0 amide bonds. The molecule has 0 aromatic heterocycles. The molecule has 4 heteroatoms. The molecule has 0 atom stereocenters. The Hall–Kier alpha value is -1.13. The van der Waals surface area contributed by atoms with Crippen LogP contribution in [0.15, 0.2) is 24.3 Å². The summed E-state index contributed by atoms with van der Waals surface area (Å²) in [7, 11) is -1.32. The van der Waals surface area contributed by atoms with Crippen molar-refractivity contribution in [3.8, 4) is 0 Å². The zero-order chi connectivity index (χ0) is 14.6. The molecule has 0 unspecified atom stereocenters. The van der Waals surface area contributed by atoms with Crippen LogP contribution in [0.5, 0.6) is 0 Å². The van der Waals surface area contributed by atoms with Crippen LogP contribution in [-0.2, 0) is 9.78 Å². The maximum absolute atomic E-state index is 11.9. The van der Waals surface area contributed by atoms with Crippen LogP contribution in [0.2, 0.25) is 19.6 Å². The smallest absolute Gasteiger partial charge is 0.293 e. The minimum Gasteiger partial charge on any atom is -0.293 e. The fraction of sp³-hybridized carbons (Fsp3) is 0.562. The number of hydrogen-bond acceptors (Lipinski definition) is 3. The summed E-state index contributed by atoms with van der Waals surface area (Å²) in [5, 5.41) is 1.34. The van der Waals surface area contributed by atoms with Gasteiger partial charge in [0.05, 0.1) is 13.6 Å². The second kappa shape index (κ2) is 6.55. The van der Waals surface area contributed by atoms with Gasteiger partial charge in [-0.25, -0.2) is 4.79 Å². The van der Waals surface area contributed by atoms with Gasteiger partial charge in [0.2, 0.25) is 0 Å². The summed E-state index contributed by atoms with van der Waals surface area (Å²) in [6.07, 6.45) is 5.63. The Bertz CT molecular complexity index is 442. The molecule has 1 saturated carbocycles. The SMILES string of the molecule is C[Si](C)(C)c1ccc(C(=O)OOC2CCCCC2)cc1. The van der Waals surface area contributed by atoms with E-state index < -0.39 is 14.0 Å². The molecule has 0 aliphatic heterocycles. The fourth-order valence-corrected chi connectivity index (χ4v) is 3.59. The lowest BCUT2D eigenvalue weighted by Crippen LogP contribution is -2.37. The Balaban J connectivity index is 1.89. The predicted octanol–water partition coefficient (Wildman–Crippen LogP) is 3.65. The van der Waals surface area contributed by atoms with Crippen molar-refractivity contribution in [2.24, 2.45) is 0 Å². The molecule has 20 heavy (non-hydrogen) atoms. The average molecular weight is 292 g/mol. The lowest BCUT2D eigenvalue weighted by atomic mass is 9.98. The van der Waals surface area contributed by atoms with E-state index in [2.05, 4.69) is 19.6 Å². The summed E-state index contributed by atoms with van der Waals surface area (Å²) in [4.78, 5) is 22.1. The topological polar surface area (TPSA) is 35.5 Å². The first-order valence-electron chi connectivity index (χ1n) is 7.45. The molecule has 0 N–H and O–H groups in total. The first-order chi connectivity index (χ1) is 9.47. The lowest BCUT2D eigenvalue weighted by molar-refractivity contribution is -0.279. The number of carbonyl (C=O) groups excluding carboxylic acids is 1. The van der Waals surface area contributed by atoms with E-state index in [4.69, 9.17) is 9.78 Å². The van der Waals surface area contributed by atoms with E-state index in [1.54, 1.807) is 0 Å². The Morgan fingerprint density at radius 1 is 1.05 bits per heavy atom. The lowest BCUT2D eigenvalue weighted by Gasteiger charge is -2.20. The molecular formula is C16H24O3Si. The van der Waals surface area contributed by atoms with Crippen molar-refractivity contribution in [1.82, 2.24) is 0 Å². The van der Waals surface area contributed by atoms with Crippen LogP contribution in [0.25, 0.3) is 0 Å². The van der Waals surface area contributed by atoms with Crippen LogP contribution < -0.4 is 5.19 Å². The summed E-state index contributed by atoms with van der Waals surface area (Å²) >= 11 is 0. The molecule has 3 nitrogen and oxygen atoms in total. The Morgan fingerprint density at radius 3 is 2.20 bits per heavy atom. The normalized spacial score (nSPS) is 16.9. The third-order valence-electron chi connectivity index (χ3n) is 3.80. The summed E-state index contributed by atoms with van der Waals surface area (Å²) in [5.41, 5.74) is 0.558. The van der Waals surface area contributed by atoms with Crippen LogP contribution in [0.4, 0.5) is 0 Å². The summed E-state index contributed by atoms with van der Waals surface area (Å²) in [6.45, 7) is 6.85. The van der Waals surface area contributed by atoms with E-state index in [1.807, 2.05) is 24.3 Å². The van der Waals surface area contributed by atoms with Gasteiger partial charge in [0, 0.05) is 0 Å². The first kappa shape index (κ1) is 15.3. The number of rotatable bonds is 4. The van der Waals surface area contributed by atoms with Gasteiger partial charge < -0.3 is 0 Å². The largest absolute Gasteiger partial charge is 0.373 e. The molecule has 0 saturated heterocycles. The maximum Gasteiger partial charge on any atom is 0.373 e. The zero-order valence-corrected chi connectivity index (χ0v) is 13.6. The van der Waals surface area contributed by atoms with Gasteiger partial charge in [-0.15, -0.1) is 0 Å². The molecule has 0 heterocycles. The van der Waals surface area contributed by atoms with Crippen LogP contribution >= 0.6 is 0 Å². The highest BCUT2D eigenvalue weighted by molar-refractivity contribution is 6.88. The Kier molecular flexibility index (Phi) is 4.99. The third-order valence-corrected chi connectivity index (χ3v) is 5.86. The van der Waals surface area contributed by atoms with E-state index in [0.717, 1.165) is 25.7 Å². The quantitative estimate of drug-likeness (QED) is 0.483. The summed E-state index contributed by atoms with van der Waals surface area (Å²) in [5.74, 6) is -0.391. The van der Waals surface area contributed by atoms with E-state index in [0.29, 0.717) is 5.56 Å². The minimum absolute atomic E-state index is 0.0777. The van der Waals surface area contributed by atoms with Gasteiger partial charge in [-0.3, -0.25) is 4.89 Å².